The van der Waals surface area contributed by atoms with Crippen LogP contribution >= 0.6 is 11.8 Å². The van der Waals surface area contributed by atoms with Crippen LogP contribution in [0.2, 0.25) is 0 Å². The second-order valence-electron chi connectivity index (χ2n) is 8.92. The molecule has 2 aliphatic rings. The maximum absolute atomic E-state index is 13.5. The number of amides is 3. The summed E-state index contributed by atoms with van der Waals surface area (Å²) in [5.74, 6) is 0.493. The molecule has 0 aliphatic carbocycles. The van der Waals surface area contributed by atoms with E-state index in [2.05, 4.69) is 20.6 Å². The van der Waals surface area contributed by atoms with Crippen LogP contribution in [0.3, 0.4) is 0 Å². The van der Waals surface area contributed by atoms with Crippen molar-refractivity contribution in [1.29, 1.82) is 0 Å². The van der Waals surface area contributed by atoms with E-state index in [0.29, 0.717) is 46.0 Å². The first-order valence-electron chi connectivity index (χ1n) is 12.5. The molecule has 2 N–H and O–H groups in total. The van der Waals surface area contributed by atoms with Crippen LogP contribution in [0.1, 0.15) is 17.5 Å². The Bertz CT molecular complexity index is 1510. The number of rotatable bonds is 9. The number of carbonyl (C=O) groups is 3. The van der Waals surface area contributed by atoms with Crippen LogP contribution in [0, 0.1) is 0 Å². The molecule has 10 nitrogen and oxygen atoms in total. The minimum Gasteiger partial charge on any atom is -0.497 e. The Morgan fingerprint density at radius 3 is 2.52 bits per heavy atom. The van der Waals surface area contributed by atoms with Crippen LogP contribution in [0.25, 0.3) is 0 Å². The molecule has 3 aromatic carbocycles. The first-order chi connectivity index (χ1) is 19.5. The minimum absolute atomic E-state index is 0.0271. The van der Waals surface area contributed by atoms with Gasteiger partial charge in [-0.2, -0.15) is 0 Å². The Kier molecular flexibility index (Phi) is 8.11. The Morgan fingerprint density at radius 2 is 1.75 bits per heavy atom. The highest BCUT2D eigenvalue weighted by molar-refractivity contribution is 8.14. The number of amidine groups is 2. The van der Waals surface area contributed by atoms with Gasteiger partial charge in [0.05, 0.1) is 37.8 Å². The number of carbonyl (C=O) groups excluding carboxylic acids is 3. The smallest absolute Gasteiger partial charge is 0.259 e. The number of fused-ring (bicyclic) bond motifs is 3. The molecule has 11 heteroatoms. The predicted molar refractivity (Wildman–Crippen MR) is 154 cm³/mol. The number of nitrogens with zero attached hydrogens (tertiary/aromatic N) is 3. The monoisotopic (exact) mass is 557 g/mol. The summed E-state index contributed by atoms with van der Waals surface area (Å²) in [5, 5.41) is 6.00. The highest BCUT2D eigenvalue weighted by atomic mass is 32.2. The average molecular weight is 558 g/mol. The van der Waals surface area contributed by atoms with Crippen molar-refractivity contribution in [3.8, 4) is 11.5 Å². The maximum atomic E-state index is 13.5. The number of thioether (sulfide) groups is 1. The summed E-state index contributed by atoms with van der Waals surface area (Å²) in [6, 6.07) is 21.1. The van der Waals surface area contributed by atoms with E-state index < -0.39 is 6.04 Å². The van der Waals surface area contributed by atoms with Gasteiger partial charge in [0.25, 0.3) is 5.91 Å². The molecule has 1 atom stereocenters. The molecule has 0 radical (unpaired) electrons. The van der Waals surface area contributed by atoms with E-state index in [0.717, 1.165) is 17.3 Å². The highest BCUT2D eigenvalue weighted by Crippen LogP contribution is 2.34. The Hall–Kier alpha value is -4.64. The molecule has 3 amide bonds. The van der Waals surface area contributed by atoms with Crippen LogP contribution in [-0.4, -0.2) is 59.6 Å². The molecule has 0 bridgehead atoms. The number of anilines is 1. The van der Waals surface area contributed by atoms with Crippen molar-refractivity contribution in [3.05, 3.63) is 83.9 Å². The van der Waals surface area contributed by atoms with Crippen molar-refractivity contribution in [2.24, 2.45) is 9.98 Å². The largest absolute Gasteiger partial charge is 0.497 e. The summed E-state index contributed by atoms with van der Waals surface area (Å²) in [4.78, 5) is 49.7. The molecule has 0 spiro atoms. The summed E-state index contributed by atoms with van der Waals surface area (Å²) >= 11 is 1.11. The van der Waals surface area contributed by atoms with Crippen LogP contribution in [0.4, 0.5) is 11.4 Å². The predicted octanol–water partition coefficient (Wildman–Crippen LogP) is 3.74. The van der Waals surface area contributed by atoms with Gasteiger partial charge in [-0.15, -0.1) is 0 Å². The first kappa shape index (κ1) is 26.9. The van der Waals surface area contributed by atoms with E-state index in [1.807, 2.05) is 54.6 Å². The van der Waals surface area contributed by atoms with Gasteiger partial charge >= 0.3 is 0 Å². The summed E-state index contributed by atoms with van der Waals surface area (Å²) in [7, 11) is 3.05. The van der Waals surface area contributed by atoms with Crippen molar-refractivity contribution in [3.63, 3.8) is 0 Å². The minimum atomic E-state index is -0.891. The van der Waals surface area contributed by atoms with E-state index in [1.165, 1.54) is 19.1 Å². The van der Waals surface area contributed by atoms with Gasteiger partial charge in [-0.1, -0.05) is 54.2 Å². The van der Waals surface area contributed by atoms with Crippen molar-refractivity contribution in [2.45, 2.75) is 19.0 Å². The third-order valence-electron chi connectivity index (χ3n) is 6.27. The number of para-hydroxylation sites is 1. The highest BCUT2D eigenvalue weighted by Gasteiger charge is 2.42. The van der Waals surface area contributed by atoms with E-state index in [4.69, 9.17) is 9.47 Å². The standard InChI is InChI=1S/C29H27N5O5S/c1-38-19-12-13-24(39-2)22(14-19)31-26(36)17-40-29-33-21-11-7-6-10-20(21)27-32-23(28(37)34(27)29)15-25(35)30-16-18-8-4-3-5-9-18/h3-14,23H,15-17H2,1-2H3,(H,30,35)(H,31,36)/t23-/m1/s1. The van der Waals surface area contributed by atoms with Crippen molar-refractivity contribution in [2.75, 3.05) is 25.3 Å². The van der Waals surface area contributed by atoms with Gasteiger partial charge < -0.3 is 20.1 Å². The Labute approximate surface area is 235 Å². The van der Waals surface area contributed by atoms with Crippen LogP contribution in [-0.2, 0) is 20.9 Å². The lowest BCUT2D eigenvalue weighted by molar-refractivity contribution is -0.128. The summed E-state index contributed by atoms with van der Waals surface area (Å²) in [6.07, 6.45) is -0.0953. The topological polar surface area (TPSA) is 122 Å². The Balaban J connectivity index is 1.29. The number of ether oxygens (including phenoxy) is 2. The Morgan fingerprint density at radius 1 is 0.975 bits per heavy atom. The van der Waals surface area contributed by atoms with E-state index in [9.17, 15) is 14.4 Å². The number of methoxy groups -OCH3 is 2. The summed E-state index contributed by atoms with van der Waals surface area (Å²) in [5.41, 5.74) is 2.75. The number of nitrogens with one attached hydrogen (secondary N) is 2. The van der Waals surface area contributed by atoms with Gasteiger partial charge in [0.15, 0.2) is 5.17 Å². The lowest BCUT2D eigenvalue weighted by Gasteiger charge is -2.25. The molecule has 0 saturated carbocycles. The number of hydrogen-bond donors (Lipinski definition) is 2. The molecular weight excluding hydrogens is 530 g/mol. The molecule has 0 aromatic heterocycles. The fraction of sp³-hybridized carbons (Fsp3) is 0.207. The second kappa shape index (κ2) is 12.0. The molecule has 204 valence electrons. The van der Waals surface area contributed by atoms with Gasteiger partial charge in [-0.3, -0.25) is 19.4 Å². The van der Waals surface area contributed by atoms with Crippen molar-refractivity contribution < 1.29 is 23.9 Å². The van der Waals surface area contributed by atoms with E-state index in [1.54, 1.807) is 18.2 Å². The molecule has 2 heterocycles. The van der Waals surface area contributed by atoms with Gasteiger partial charge in [0.1, 0.15) is 23.4 Å². The van der Waals surface area contributed by atoms with Crippen LogP contribution in [0.15, 0.2) is 82.8 Å². The molecule has 0 saturated heterocycles. The molecule has 5 rings (SSSR count). The fourth-order valence-corrected chi connectivity index (χ4v) is 5.11. The first-order valence-corrected chi connectivity index (χ1v) is 13.5. The molecule has 3 aromatic rings. The van der Waals surface area contributed by atoms with Gasteiger partial charge in [0.2, 0.25) is 11.8 Å². The van der Waals surface area contributed by atoms with Gasteiger partial charge in [-0.05, 0) is 29.8 Å². The van der Waals surface area contributed by atoms with Gasteiger partial charge in [0, 0.05) is 18.2 Å². The maximum Gasteiger partial charge on any atom is 0.259 e. The zero-order chi connectivity index (χ0) is 28.1. The second-order valence-corrected chi connectivity index (χ2v) is 9.87. The lowest BCUT2D eigenvalue weighted by atomic mass is 10.1. The third kappa shape index (κ3) is 5.84. The fourth-order valence-electron chi connectivity index (χ4n) is 4.30. The molecule has 0 fully saturated rings. The molecule has 2 aliphatic heterocycles. The van der Waals surface area contributed by atoms with Crippen molar-refractivity contribution in [1.82, 2.24) is 10.2 Å². The number of aliphatic imine (C=N–C) groups is 2. The number of hydrogen-bond acceptors (Lipinski definition) is 8. The van der Waals surface area contributed by atoms with Crippen LogP contribution < -0.4 is 20.1 Å². The number of benzene rings is 3. The van der Waals surface area contributed by atoms with Crippen molar-refractivity contribution >= 4 is 51.9 Å². The summed E-state index contributed by atoms with van der Waals surface area (Å²) in [6.45, 7) is 0.361. The SMILES string of the molecule is COc1ccc(OC)c(NC(=O)CSC2=Nc3ccccc3C3=N[C@H](CC(=O)NCc4ccccc4)C(=O)N23)c1. The molecule has 40 heavy (non-hydrogen) atoms. The average Bonchev–Trinajstić information content (AvgIpc) is 3.31. The summed E-state index contributed by atoms with van der Waals surface area (Å²) < 4.78 is 10.6. The normalized spacial score (nSPS) is 15.4. The molecular formula is C29H27N5O5S. The quantitative estimate of drug-likeness (QED) is 0.414. The third-order valence-corrected chi connectivity index (χ3v) is 7.21. The van der Waals surface area contributed by atoms with Gasteiger partial charge in [-0.25, -0.2) is 9.89 Å². The zero-order valence-electron chi connectivity index (χ0n) is 21.9. The molecule has 0 unspecified atom stereocenters. The lowest BCUT2D eigenvalue weighted by Crippen LogP contribution is -2.42. The van der Waals surface area contributed by atoms with E-state index >= 15 is 0 Å². The zero-order valence-corrected chi connectivity index (χ0v) is 22.7. The van der Waals surface area contributed by atoms with Crippen LogP contribution in [0.5, 0.6) is 11.5 Å². The van der Waals surface area contributed by atoms with E-state index in [-0.39, 0.29) is 29.9 Å².